The van der Waals surface area contributed by atoms with Crippen molar-refractivity contribution in [2.45, 2.75) is 6.92 Å². The number of phenols is 1. The molecule has 2 aromatic rings. The minimum atomic E-state index is -0.244. The van der Waals surface area contributed by atoms with E-state index in [1.807, 2.05) is 0 Å². The van der Waals surface area contributed by atoms with Crippen molar-refractivity contribution < 1.29 is 9.90 Å². The number of aromatic hydroxyl groups is 1. The van der Waals surface area contributed by atoms with E-state index >= 15 is 0 Å². The summed E-state index contributed by atoms with van der Waals surface area (Å²) in [5.41, 5.74) is 12.2. The number of nitrogens with zero attached hydrogens (tertiary/aromatic N) is 2. The quantitative estimate of drug-likeness (QED) is 0.668. The smallest absolute Gasteiger partial charge is 0.167 e. The number of nitrogen functional groups attached to an aromatic ring is 2. The van der Waals surface area contributed by atoms with E-state index in [0.29, 0.717) is 5.69 Å². The molecule has 2 rings (SSSR count). The first-order chi connectivity index (χ1) is 8.00. The van der Waals surface area contributed by atoms with E-state index < -0.39 is 0 Å². The molecule has 0 radical (unpaired) electrons. The van der Waals surface area contributed by atoms with E-state index in [2.05, 4.69) is 5.10 Å². The molecule has 17 heavy (non-hydrogen) atoms. The van der Waals surface area contributed by atoms with Crippen LogP contribution in [-0.4, -0.2) is 20.7 Å². The van der Waals surface area contributed by atoms with Crippen LogP contribution in [0.25, 0.3) is 5.69 Å². The van der Waals surface area contributed by atoms with Gasteiger partial charge in [-0.1, -0.05) is 6.07 Å². The summed E-state index contributed by atoms with van der Waals surface area (Å²) in [4.78, 5) is 11.3. The van der Waals surface area contributed by atoms with Crippen molar-refractivity contribution in [3.8, 4) is 11.4 Å². The zero-order chi connectivity index (χ0) is 12.6. The molecule has 1 heterocycles. The largest absolute Gasteiger partial charge is 0.508 e. The number of aromatic nitrogens is 2. The number of hydrogen-bond acceptors (Lipinski definition) is 5. The van der Waals surface area contributed by atoms with E-state index in [4.69, 9.17) is 11.5 Å². The molecule has 0 aliphatic rings. The highest BCUT2D eigenvalue weighted by Crippen LogP contribution is 2.24. The molecule has 0 atom stereocenters. The zero-order valence-electron chi connectivity index (χ0n) is 9.21. The van der Waals surface area contributed by atoms with E-state index in [9.17, 15) is 9.90 Å². The van der Waals surface area contributed by atoms with Gasteiger partial charge in [0.1, 0.15) is 17.1 Å². The molecule has 0 bridgehead atoms. The van der Waals surface area contributed by atoms with E-state index in [1.165, 1.54) is 23.7 Å². The molecule has 1 aromatic carbocycles. The molecule has 1 aromatic heterocycles. The molecule has 0 saturated heterocycles. The zero-order valence-corrected chi connectivity index (χ0v) is 9.21. The Kier molecular flexibility index (Phi) is 2.47. The van der Waals surface area contributed by atoms with Crippen molar-refractivity contribution in [1.82, 2.24) is 9.78 Å². The lowest BCUT2D eigenvalue weighted by Gasteiger charge is -2.04. The van der Waals surface area contributed by atoms with Crippen LogP contribution in [0.4, 0.5) is 11.6 Å². The first kappa shape index (κ1) is 11.0. The number of anilines is 2. The second-order valence-electron chi connectivity index (χ2n) is 3.63. The summed E-state index contributed by atoms with van der Waals surface area (Å²) in [6.45, 7) is 1.37. The Bertz CT molecular complexity index is 589. The van der Waals surface area contributed by atoms with Crippen LogP contribution in [0.2, 0.25) is 0 Å². The van der Waals surface area contributed by atoms with Gasteiger partial charge in [-0.15, -0.1) is 5.10 Å². The lowest BCUT2D eigenvalue weighted by Crippen LogP contribution is -2.04. The predicted octanol–water partition coefficient (Wildman–Crippen LogP) is 0.945. The van der Waals surface area contributed by atoms with Gasteiger partial charge in [-0.05, 0) is 19.1 Å². The Morgan fingerprint density at radius 2 is 2.12 bits per heavy atom. The van der Waals surface area contributed by atoms with E-state index in [0.717, 1.165) is 0 Å². The highest BCUT2D eigenvalue weighted by Gasteiger charge is 2.17. The molecule has 6 heteroatoms. The Morgan fingerprint density at radius 1 is 1.41 bits per heavy atom. The molecule has 0 spiro atoms. The third-order valence-electron chi connectivity index (χ3n) is 2.37. The maximum absolute atomic E-state index is 11.3. The SMILES string of the molecule is CC(=O)c1c(N)nn(-c2cccc(O)c2)c1N. The van der Waals surface area contributed by atoms with Gasteiger partial charge in [-0.25, -0.2) is 4.68 Å². The summed E-state index contributed by atoms with van der Waals surface area (Å²) in [5.74, 6) is 0.0886. The predicted molar refractivity (Wildman–Crippen MR) is 64.1 cm³/mol. The van der Waals surface area contributed by atoms with Crippen molar-refractivity contribution in [3.63, 3.8) is 0 Å². The van der Waals surface area contributed by atoms with Gasteiger partial charge in [0.2, 0.25) is 0 Å². The standard InChI is InChI=1S/C11H12N4O2/c1-6(16)9-10(12)14-15(11(9)13)7-3-2-4-8(17)5-7/h2-5,17H,13H2,1H3,(H2,12,14). The molecular weight excluding hydrogens is 220 g/mol. The second kappa shape index (κ2) is 3.82. The number of phenolic OH excluding ortho intramolecular Hbond substituents is 1. The second-order valence-corrected chi connectivity index (χ2v) is 3.63. The van der Waals surface area contributed by atoms with Gasteiger partial charge in [0.05, 0.1) is 5.69 Å². The Balaban J connectivity index is 2.62. The van der Waals surface area contributed by atoms with Crippen LogP contribution in [0.5, 0.6) is 5.75 Å². The summed E-state index contributed by atoms with van der Waals surface area (Å²) in [7, 11) is 0. The molecule has 0 saturated carbocycles. The van der Waals surface area contributed by atoms with Crippen LogP contribution >= 0.6 is 0 Å². The molecule has 0 amide bonds. The Hall–Kier alpha value is -2.50. The highest BCUT2D eigenvalue weighted by atomic mass is 16.3. The van der Waals surface area contributed by atoms with Gasteiger partial charge in [-0.2, -0.15) is 0 Å². The minimum Gasteiger partial charge on any atom is -0.508 e. The number of rotatable bonds is 2. The summed E-state index contributed by atoms with van der Waals surface area (Å²) >= 11 is 0. The molecule has 0 aliphatic carbocycles. The van der Waals surface area contributed by atoms with Crippen molar-refractivity contribution in [1.29, 1.82) is 0 Å². The van der Waals surface area contributed by atoms with Gasteiger partial charge in [0, 0.05) is 6.07 Å². The number of ketones is 1. The molecular formula is C11H12N4O2. The topological polar surface area (TPSA) is 107 Å². The minimum absolute atomic E-state index is 0.0818. The third-order valence-corrected chi connectivity index (χ3v) is 2.37. The fraction of sp³-hybridized carbons (Fsp3) is 0.0909. The van der Waals surface area contributed by atoms with Crippen LogP contribution in [0.1, 0.15) is 17.3 Å². The van der Waals surface area contributed by atoms with Gasteiger partial charge < -0.3 is 16.6 Å². The number of Topliss-reactive ketones (excluding diaryl/α,β-unsaturated/α-hetero) is 1. The number of carbonyl (C=O) groups is 1. The monoisotopic (exact) mass is 232 g/mol. The molecule has 0 fully saturated rings. The number of carbonyl (C=O) groups excluding carboxylic acids is 1. The Morgan fingerprint density at radius 3 is 2.65 bits per heavy atom. The highest BCUT2D eigenvalue weighted by molar-refractivity contribution is 6.02. The fourth-order valence-corrected chi connectivity index (χ4v) is 1.63. The van der Waals surface area contributed by atoms with Crippen LogP contribution in [-0.2, 0) is 0 Å². The summed E-state index contributed by atoms with van der Waals surface area (Å²) in [5, 5.41) is 13.4. The normalized spacial score (nSPS) is 10.4. The van der Waals surface area contributed by atoms with Gasteiger partial charge in [0.25, 0.3) is 0 Å². The maximum Gasteiger partial charge on any atom is 0.167 e. The first-order valence-electron chi connectivity index (χ1n) is 4.95. The average Bonchev–Trinajstić information content (AvgIpc) is 2.54. The van der Waals surface area contributed by atoms with Crippen molar-refractivity contribution in [3.05, 3.63) is 29.8 Å². The van der Waals surface area contributed by atoms with Crippen LogP contribution in [0.3, 0.4) is 0 Å². The fourth-order valence-electron chi connectivity index (χ4n) is 1.63. The Labute approximate surface area is 97.5 Å². The van der Waals surface area contributed by atoms with E-state index in [-0.39, 0.29) is 28.7 Å². The molecule has 88 valence electrons. The van der Waals surface area contributed by atoms with Crippen LogP contribution in [0, 0.1) is 0 Å². The van der Waals surface area contributed by atoms with Crippen LogP contribution < -0.4 is 11.5 Å². The van der Waals surface area contributed by atoms with Gasteiger partial charge in [-0.3, -0.25) is 4.79 Å². The molecule has 5 N–H and O–H groups in total. The van der Waals surface area contributed by atoms with Crippen molar-refractivity contribution in [2.24, 2.45) is 0 Å². The maximum atomic E-state index is 11.3. The summed E-state index contributed by atoms with van der Waals surface area (Å²) in [6, 6.07) is 6.35. The summed E-state index contributed by atoms with van der Waals surface area (Å²) in [6.07, 6.45) is 0. The van der Waals surface area contributed by atoms with Crippen LogP contribution in [0.15, 0.2) is 24.3 Å². The summed E-state index contributed by atoms with van der Waals surface area (Å²) < 4.78 is 1.33. The molecule has 0 unspecified atom stereocenters. The van der Waals surface area contributed by atoms with Crippen molar-refractivity contribution in [2.75, 3.05) is 11.5 Å². The lowest BCUT2D eigenvalue weighted by atomic mass is 10.2. The average molecular weight is 232 g/mol. The first-order valence-corrected chi connectivity index (χ1v) is 4.95. The lowest BCUT2D eigenvalue weighted by molar-refractivity contribution is 0.101. The number of nitrogens with two attached hydrogens (primary N) is 2. The third kappa shape index (κ3) is 1.80. The number of benzene rings is 1. The van der Waals surface area contributed by atoms with Gasteiger partial charge in [0.15, 0.2) is 11.6 Å². The van der Waals surface area contributed by atoms with E-state index in [1.54, 1.807) is 12.1 Å². The number of hydrogen-bond donors (Lipinski definition) is 3. The van der Waals surface area contributed by atoms with Gasteiger partial charge >= 0.3 is 0 Å². The molecule has 0 aliphatic heterocycles. The van der Waals surface area contributed by atoms with Crippen molar-refractivity contribution >= 4 is 17.4 Å². The molecule has 6 nitrogen and oxygen atoms in total.